The first-order valence-corrected chi connectivity index (χ1v) is 8.06. The lowest BCUT2D eigenvalue weighted by Crippen LogP contribution is -2.19. The number of amidine groups is 1. The Balaban J connectivity index is 1.86. The fourth-order valence-electron chi connectivity index (χ4n) is 2.04. The lowest BCUT2D eigenvalue weighted by molar-refractivity contribution is -0.115. The van der Waals surface area contributed by atoms with Crippen molar-refractivity contribution in [3.63, 3.8) is 0 Å². The van der Waals surface area contributed by atoms with E-state index in [0.29, 0.717) is 10.1 Å². The number of thioether (sulfide) groups is 1. The molecule has 0 atom stereocenters. The maximum atomic E-state index is 12.1. The lowest BCUT2D eigenvalue weighted by Gasteiger charge is -2.00. The number of amides is 1. The number of hydrogen-bond acceptors (Lipinski definition) is 4. The first-order chi connectivity index (χ1) is 11.0. The summed E-state index contributed by atoms with van der Waals surface area (Å²) < 4.78 is 0. The molecule has 1 heterocycles. The van der Waals surface area contributed by atoms with E-state index in [2.05, 4.69) is 10.3 Å². The Kier molecular flexibility index (Phi) is 4.41. The molecule has 2 aromatic carbocycles. The van der Waals surface area contributed by atoms with E-state index in [1.165, 1.54) is 17.8 Å². The van der Waals surface area contributed by atoms with Crippen molar-refractivity contribution in [2.45, 2.75) is 6.92 Å². The number of halogens is 1. The predicted molar refractivity (Wildman–Crippen MR) is 95.1 cm³/mol. The number of benzene rings is 2. The summed E-state index contributed by atoms with van der Waals surface area (Å²) in [6, 6.07) is 12.5. The van der Waals surface area contributed by atoms with Gasteiger partial charge in [0.05, 0.1) is 15.6 Å². The number of rotatable bonds is 2. The summed E-state index contributed by atoms with van der Waals surface area (Å²) in [6.07, 6.45) is 1.71. The molecule has 1 aliphatic rings. The van der Waals surface area contributed by atoms with Crippen LogP contribution in [0.5, 0.6) is 5.75 Å². The Labute approximate surface area is 142 Å². The normalized spacial score (nSPS) is 17.7. The number of phenols is 1. The maximum Gasteiger partial charge on any atom is 0.264 e. The van der Waals surface area contributed by atoms with Gasteiger partial charge in [-0.1, -0.05) is 35.9 Å². The van der Waals surface area contributed by atoms with Crippen LogP contribution < -0.4 is 5.32 Å². The lowest BCUT2D eigenvalue weighted by atomic mass is 10.2. The Hall–Kier alpha value is -2.24. The van der Waals surface area contributed by atoms with Crippen LogP contribution in [-0.4, -0.2) is 16.2 Å². The van der Waals surface area contributed by atoms with Gasteiger partial charge in [0.25, 0.3) is 5.91 Å². The number of phenolic OH excluding ortho intramolecular Hbond substituents is 1. The number of carbonyl (C=O) groups excluding carboxylic acids is 1. The monoisotopic (exact) mass is 344 g/mol. The molecule has 0 aliphatic carbocycles. The summed E-state index contributed by atoms with van der Waals surface area (Å²) in [6.45, 7) is 1.97. The van der Waals surface area contributed by atoms with E-state index >= 15 is 0 Å². The molecular formula is C17H13ClN2O2S. The van der Waals surface area contributed by atoms with Crippen molar-refractivity contribution >= 4 is 46.2 Å². The number of aryl methyl sites for hydroxylation is 1. The second-order valence-corrected chi connectivity index (χ2v) is 6.42. The van der Waals surface area contributed by atoms with Crippen LogP contribution in [-0.2, 0) is 4.79 Å². The summed E-state index contributed by atoms with van der Waals surface area (Å²) >= 11 is 7.15. The minimum absolute atomic E-state index is 0.0131. The van der Waals surface area contributed by atoms with Gasteiger partial charge in [-0.3, -0.25) is 4.79 Å². The van der Waals surface area contributed by atoms with E-state index < -0.39 is 0 Å². The van der Waals surface area contributed by atoms with Gasteiger partial charge in [-0.2, -0.15) is 0 Å². The molecule has 0 saturated carbocycles. The Bertz CT molecular complexity index is 846. The molecular weight excluding hydrogens is 332 g/mol. The standard InChI is InChI=1S/C17H13ClN2O2S/c1-10-4-2-3-5-13(10)19-17-20-16(22)15(23-17)9-11-6-7-14(21)12(18)8-11/h2-9,21H,1H3,(H,19,20,22). The predicted octanol–water partition coefficient (Wildman–Crippen LogP) is 4.25. The second-order valence-electron chi connectivity index (χ2n) is 4.98. The Morgan fingerprint density at radius 2 is 2.04 bits per heavy atom. The van der Waals surface area contributed by atoms with E-state index in [1.54, 1.807) is 18.2 Å². The molecule has 4 nitrogen and oxygen atoms in total. The van der Waals surface area contributed by atoms with Crippen LogP contribution in [0.1, 0.15) is 11.1 Å². The molecule has 0 spiro atoms. The quantitative estimate of drug-likeness (QED) is 0.801. The number of carbonyl (C=O) groups is 1. The highest BCUT2D eigenvalue weighted by Gasteiger charge is 2.24. The van der Waals surface area contributed by atoms with Crippen molar-refractivity contribution in [3.05, 3.63) is 63.5 Å². The first-order valence-electron chi connectivity index (χ1n) is 6.86. The number of nitrogens with zero attached hydrogens (tertiary/aromatic N) is 1. The highest BCUT2D eigenvalue weighted by atomic mass is 35.5. The average molecular weight is 345 g/mol. The van der Waals surface area contributed by atoms with Gasteiger partial charge in [-0.05, 0) is 54.1 Å². The fourth-order valence-corrected chi connectivity index (χ4v) is 3.07. The molecule has 23 heavy (non-hydrogen) atoms. The van der Waals surface area contributed by atoms with Crippen molar-refractivity contribution in [3.8, 4) is 5.75 Å². The van der Waals surface area contributed by atoms with Gasteiger partial charge in [0, 0.05) is 0 Å². The molecule has 2 N–H and O–H groups in total. The van der Waals surface area contributed by atoms with Crippen LogP contribution in [0, 0.1) is 6.92 Å². The number of aromatic hydroxyl groups is 1. The third kappa shape index (κ3) is 3.57. The smallest absolute Gasteiger partial charge is 0.264 e. The number of nitrogens with one attached hydrogen (secondary N) is 1. The SMILES string of the molecule is Cc1ccccc1N=C1NC(=O)C(=Cc2ccc(O)c(Cl)c2)S1. The van der Waals surface area contributed by atoms with Gasteiger partial charge in [0.1, 0.15) is 5.75 Å². The van der Waals surface area contributed by atoms with E-state index in [0.717, 1.165) is 16.8 Å². The summed E-state index contributed by atoms with van der Waals surface area (Å²) in [5.41, 5.74) is 2.60. The van der Waals surface area contributed by atoms with Crippen LogP contribution in [0.4, 0.5) is 5.69 Å². The van der Waals surface area contributed by atoms with Gasteiger partial charge in [0.15, 0.2) is 5.17 Å². The summed E-state index contributed by atoms with van der Waals surface area (Å²) in [5, 5.41) is 13.0. The topological polar surface area (TPSA) is 61.7 Å². The minimum Gasteiger partial charge on any atom is -0.506 e. The second kappa shape index (κ2) is 6.48. The highest BCUT2D eigenvalue weighted by molar-refractivity contribution is 8.18. The first kappa shape index (κ1) is 15.6. The molecule has 1 aliphatic heterocycles. The number of para-hydroxylation sites is 1. The van der Waals surface area contributed by atoms with Gasteiger partial charge >= 0.3 is 0 Å². The fraction of sp³-hybridized carbons (Fsp3) is 0.0588. The van der Waals surface area contributed by atoms with Crippen LogP contribution in [0.3, 0.4) is 0 Å². The molecule has 1 saturated heterocycles. The molecule has 0 unspecified atom stereocenters. The highest BCUT2D eigenvalue weighted by Crippen LogP contribution is 2.30. The van der Waals surface area contributed by atoms with Crippen LogP contribution >= 0.6 is 23.4 Å². The van der Waals surface area contributed by atoms with E-state index in [-0.39, 0.29) is 16.7 Å². The molecule has 1 amide bonds. The van der Waals surface area contributed by atoms with E-state index in [4.69, 9.17) is 11.6 Å². The van der Waals surface area contributed by atoms with Crippen molar-refractivity contribution in [1.82, 2.24) is 5.32 Å². The molecule has 6 heteroatoms. The molecule has 0 radical (unpaired) electrons. The molecule has 116 valence electrons. The Morgan fingerprint density at radius 1 is 1.26 bits per heavy atom. The Morgan fingerprint density at radius 3 is 2.78 bits per heavy atom. The van der Waals surface area contributed by atoms with Crippen molar-refractivity contribution < 1.29 is 9.90 Å². The van der Waals surface area contributed by atoms with Gasteiger partial charge in [0.2, 0.25) is 0 Å². The van der Waals surface area contributed by atoms with Gasteiger partial charge in [-0.15, -0.1) is 0 Å². The van der Waals surface area contributed by atoms with Crippen LogP contribution in [0.15, 0.2) is 52.4 Å². The van der Waals surface area contributed by atoms with Crippen LogP contribution in [0.2, 0.25) is 5.02 Å². The zero-order chi connectivity index (χ0) is 16.4. The van der Waals surface area contributed by atoms with E-state index in [1.807, 2.05) is 31.2 Å². The molecule has 0 bridgehead atoms. The van der Waals surface area contributed by atoms with Crippen LogP contribution in [0.25, 0.3) is 6.08 Å². The number of hydrogen-bond donors (Lipinski definition) is 2. The summed E-state index contributed by atoms with van der Waals surface area (Å²) in [4.78, 5) is 17.1. The van der Waals surface area contributed by atoms with Gasteiger partial charge < -0.3 is 10.4 Å². The number of aliphatic imine (C=N–C) groups is 1. The molecule has 2 aromatic rings. The van der Waals surface area contributed by atoms with Crippen molar-refractivity contribution in [1.29, 1.82) is 0 Å². The average Bonchev–Trinajstić information content (AvgIpc) is 2.85. The zero-order valence-corrected chi connectivity index (χ0v) is 13.8. The minimum atomic E-state index is -0.202. The third-order valence-corrected chi connectivity index (χ3v) is 4.47. The maximum absolute atomic E-state index is 12.1. The van der Waals surface area contributed by atoms with E-state index in [9.17, 15) is 9.90 Å². The molecule has 3 rings (SSSR count). The largest absolute Gasteiger partial charge is 0.506 e. The summed E-state index contributed by atoms with van der Waals surface area (Å²) in [5.74, 6) is -0.189. The third-order valence-electron chi connectivity index (χ3n) is 3.26. The molecule has 0 aromatic heterocycles. The zero-order valence-electron chi connectivity index (χ0n) is 12.2. The molecule has 1 fully saturated rings. The van der Waals surface area contributed by atoms with Crippen molar-refractivity contribution in [2.24, 2.45) is 4.99 Å². The van der Waals surface area contributed by atoms with Crippen molar-refractivity contribution in [2.75, 3.05) is 0 Å². The van der Waals surface area contributed by atoms with Gasteiger partial charge in [-0.25, -0.2) is 4.99 Å². The summed E-state index contributed by atoms with van der Waals surface area (Å²) in [7, 11) is 0.